The van der Waals surface area contributed by atoms with Gasteiger partial charge in [-0.3, -0.25) is 9.69 Å². The summed E-state index contributed by atoms with van der Waals surface area (Å²) in [6.45, 7) is 4.16. The first-order valence-electron chi connectivity index (χ1n) is 9.78. The van der Waals surface area contributed by atoms with Crippen LogP contribution in [0.5, 0.6) is 0 Å². The van der Waals surface area contributed by atoms with E-state index in [0.717, 1.165) is 29.2 Å². The normalized spacial score (nSPS) is 14.7. The molecule has 1 fully saturated rings. The number of anilines is 1. The number of amides is 1. The van der Waals surface area contributed by atoms with Gasteiger partial charge in [0.05, 0.1) is 24.9 Å². The highest BCUT2D eigenvalue weighted by molar-refractivity contribution is 5.95. The summed E-state index contributed by atoms with van der Waals surface area (Å²) in [5, 5.41) is 0. The van der Waals surface area contributed by atoms with Crippen LogP contribution in [-0.4, -0.2) is 48.5 Å². The summed E-state index contributed by atoms with van der Waals surface area (Å²) in [5.74, 6) is 0.908. The molecule has 0 spiro atoms. The molecular formula is C23H23N3O4. The average Bonchev–Trinajstić information content (AvgIpc) is 3.14. The van der Waals surface area contributed by atoms with Crippen molar-refractivity contribution >= 4 is 17.6 Å². The van der Waals surface area contributed by atoms with Gasteiger partial charge in [-0.25, -0.2) is 9.78 Å². The third-order valence-electron chi connectivity index (χ3n) is 5.19. The smallest absolute Gasteiger partial charge is 0.337 e. The first kappa shape index (κ1) is 19.8. The lowest BCUT2D eigenvalue weighted by Crippen LogP contribution is -2.50. The van der Waals surface area contributed by atoms with Gasteiger partial charge in [-0.2, -0.15) is 0 Å². The monoisotopic (exact) mass is 405 g/mol. The van der Waals surface area contributed by atoms with E-state index in [-0.39, 0.29) is 11.9 Å². The number of para-hydroxylation sites is 1. The molecule has 4 rings (SSSR count). The quantitative estimate of drug-likeness (QED) is 0.607. The molecule has 2 heterocycles. The zero-order valence-corrected chi connectivity index (χ0v) is 17.0. The Kier molecular flexibility index (Phi) is 5.63. The van der Waals surface area contributed by atoms with Gasteiger partial charge in [0.1, 0.15) is 5.76 Å². The van der Waals surface area contributed by atoms with Crippen molar-refractivity contribution in [1.29, 1.82) is 0 Å². The highest BCUT2D eigenvalue weighted by Gasteiger charge is 2.26. The molecule has 1 amide bonds. The number of aromatic nitrogens is 1. The minimum Gasteiger partial charge on any atom is -0.465 e. The van der Waals surface area contributed by atoms with Crippen LogP contribution < -0.4 is 4.90 Å². The number of methoxy groups -OCH3 is 1. The van der Waals surface area contributed by atoms with Gasteiger partial charge in [-0.1, -0.05) is 18.2 Å². The molecule has 3 aromatic rings. The number of carbonyl (C=O) groups is 2. The molecule has 30 heavy (non-hydrogen) atoms. The predicted molar refractivity (Wildman–Crippen MR) is 112 cm³/mol. The predicted octanol–water partition coefficient (Wildman–Crippen LogP) is 3.29. The van der Waals surface area contributed by atoms with Crippen LogP contribution in [-0.2, 0) is 16.1 Å². The fourth-order valence-electron chi connectivity index (χ4n) is 3.51. The zero-order valence-electron chi connectivity index (χ0n) is 17.0. The van der Waals surface area contributed by atoms with Gasteiger partial charge in [0.25, 0.3) is 0 Å². The molecule has 1 saturated heterocycles. The first-order chi connectivity index (χ1) is 14.5. The molecule has 1 aliphatic heterocycles. The number of rotatable bonds is 5. The Labute approximate surface area is 174 Å². The number of benzene rings is 2. The number of esters is 1. The van der Waals surface area contributed by atoms with Crippen LogP contribution >= 0.6 is 0 Å². The summed E-state index contributed by atoms with van der Waals surface area (Å²) >= 11 is 0. The Morgan fingerprint density at radius 3 is 2.50 bits per heavy atom. The lowest BCUT2D eigenvalue weighted by atomic mass is 10.1. The van der Waals surface area contributed by atoms with Crippen molar-refractivity contribution < 1.29 is 18.7 Å². The number of aryl methyl sites for hydroxylation is 1. The fourth-order valence-corrected chi connectivity index (χ4v) is 3.51. The van der Waals surface area contributed by atoms with Gasteiger partial charge in [-0.15, -0.1) is 0 Å². The third-order valence-corrected chi connectivity index (χ3v) is 5.19. The third kappa shape index (κ3) is 4.11. The van der Waals surface area contributed by atoms with E-state index in [0.29, 0.717) is 31.1 Å². The standard InChI is InChI=1S/C23H23N3O4/c1-16-20(24-22(30-16)17-8-10-18(11-9-17)23(28)29-2)14-25-12-13-26(21(27)15-25)19-6-4-3-5-7-19/h3-11H,12-15H2,1-2H3. The molecule has 2 aromatic carbocycles. The maximum Gasteiger partial charge on any atom is 0.337 e. The summed E-state index contributed by atoms with van der Waals surface area (Å²) in [7, 11) is 1.35. The van der Waals surface area contributed by atoms with Gasteiger partial charge in [0.15, 0.2) is 0 Å². The lowest BCUT2D eigenvalue weighted by Gasteiger charge is -2.34. The van der Waals surface area contributed by atoms with Crippen LogP contribution in [0.15, 0.2) is 59.0 Å². The van der Waals surface area contributed by atoms with Crippen LogP contribution in [0.4, 0.5) is 5.69 Å². The molecule has 7 heteroatoms. The van der Waals surface area contributed by atoms with E-state index in [1.165, 1.54) is 7.11 Å². The second-order valence-corrected chi connectivity index (χ2v) is 7.18. The number of oxazole rings is 1. The number of carbonyl (C=O) groups excluding carboxylic acids is 2. The Balaban J connectivity index is 1.43. The van der Waals surface area contributed by atoms with Crippen molar-refractivity contribution in [2.75, 3.05) is 31.6 Å². The molecule has 7 nitrogen and oxygen atoms in total. The van der Waals surface area contributed by atoms with Crippen LogP contribution in [0, 0.1) is 6.92 Å². The van der Waals surface area contributed by atoms with Crippen molar-refractivity contribution in [2.45, 2.75) is 13.5 Å². The molecule has 154 valence electrons. The zero-order chi connectivity index (χ0) is 21.1. The fraction of sp³-hybridized carbons (Fsp3) is 0.261. The first-order valence-corrected chi connectivity index (χ1v) is 9.78. The highest BCUT2D eigenvalue weighted by atomic mass is 16.5. The molecule has 0 bridgehead atoms. The maximum absolute atomic E-state index is 12.6. The largest absolute Gasteiger partial charge is 0.465 e. The molecule has 0 atom stereocenters. The van der Waals surface area contributed by atoms with Gasteiger partial charge in [-0.05, 0) is 43.3 Å². The number of ether oxygens (including phenoxy) is 1. The topological polar surface area (TPSA) is 75.9 Å². The van der Waals surface area contributed by atoms with Crippen molar-refractivity contribution in [1.82, 2.24) is 9.88 Å². The lowest BCUT2D eigenvalue weighted by molar-refractivity contribution is -0.121. The van der Waals surface area contributed by atoms with E-state index < -0.39 is 0 Å². The molecule has 0 saturated carbocycles. The second kappa shape index (κ2) is 8.51. The SMILES string of the molecule is COC(=O)c1ccc(-c2nc(CN3CCN(c4ccccc4)C(=O)C3)c(C)o2)cc1. The van der Waals surface area contributed by atoms with Crippen LogP contribution in [0.25, 0.3) is 11.5 Å². The Bertz CT molecular complexity index is 1040. The van der Waals surface area contributed by atoms with Gasteiger partial charge in [0, 0.05) is 30.9 Å². The summed E-state index contributed by atoms with van der Waals surface area (Å²) < 4.78 is 10.6. The van der Waals surface area contributed by atoms with Crippen LogP contribution in [0.2, 0.25) is 0 Å². The molecule has 0 N–H and O–H groups in total. The Morgan fingerprint density at radius 1 is 1.10 bits per heavy atom. The number of hydrogen-bond acceptors (Lipinski definition) is 6. The van der Waals surface area contributed by atoms with E-state index >= 15 is 0 Å². The maximum atomic E-state index is 12.6. The summed E-state index contributed by atoms with van der Waals surface area (Å²) in [6, 6.07) is 16.6. The van der Waals surface area contributed by atoms with Crippen molar-refractivity contribution in [3.8, 4) is 11.5 Å². The van der Waals surface area contributed by atoms with Crippen LogP contribution in [0.3, 0.4) is 0 Å². The second-order valence-electron chi connectivity index (χ2n) is 7.18. The van der Waals surface area contributed by atoms with Gasteiger partial charge >= 0.3 is 5.97 Å². The molecular weight excluding hydrogens is 382 g/mol. The van der Waals surface area contributed by atoms with E-state index in [1.807, 2.05) is 42.2 Å². The van der Waals surface area contributed by atoms with Gasteiger partial charge < -0.3 is 14.1 Å². The number of piperazine rings is 1. The molecule has 0 radical (unpaired) electrons. The molecule has 0 unspecified atom stereocenters. The van der Waals surface area contributed by atoms with Crippen LogP contribution in [0.1, 0.15) is 21.8 Å². The van der Waals surface area contributed by atoms with Gasteiger partial charge in [0.2, 0.25) is 11.8 Å². The molecule has 1 aliphatic rings. The minimum absolute atomic E-state index is 0.0761. The molecule has 0 aliphatic carbocycles. The van der Waals surface area contributed by atoms with E-state index in [2.05, 4.69) is 9.88 Å². The average molecular weight is 405 g/mol. The number of nitrogens with zero attached hydrogens (tertiary/aromatic N) is 3. The van der Waals surface area contributed by atoms with Crippen molar-refractivity contribution in [3.05, 3.63) is 71.6 Å². The number of hydrogen-bond donors (Lipinski definition) is 0. The minimum atomic E-state index is -0.384. The molecule has 1 aromatic heterocycles. The van der Waals surface area contributed by atoms with Crippen molar-refractivity contribution in [3.63, 3.8) is 0 Å². The van der Waals surface area contributed by atoms with Crippen molar-refractivity contribution in [2.24, 2.45) is 0 Å². The van der Waals surface area contributed by atoms with E-state index in [1.54, 1.807) is 24.3 Å². The summed E-state index contributed by atoms with van der Waals surface area (Å²) in [4.78, 5) is 32.7. The summed E-state index contributed by atoms with van der Waals surface area (Å²) in [5.41, 5.74) is 2.99. The highest BCUT2D eigenvalue weighted by Crippen LogP contribution is 2.24. The Morgan fingerprint density at radius 2 is 1.83 bits per heavy atom. The summed E-state index contributed by atoms with van der Waals surface area (Å²) in [6.07, 6.45) is 0. The van der Waals surface area contributed by atoms with E-state index in [4.69, 9.17) is 9.15 Å². The Hall–Kier alpha value is -3.45. The van der Waals surface area contributed by atoms with E-state index in [9.17, 15) is 9.59 Å².